The molecule has 0 aliphatic carbocycles. The summed E-state index contributed by atoms with van der Waals surface area (Å²) in [4.78, 5) is 0. The molecular weight excluding hydrogens is 215 g/mol. The van der Waals surface area contributed by atoms with Gasteiger partial charge < -0.3 is 6.42 Å². The van der Waals surface area contributed by atoms with E-state index in [1.165, 1.54) is 32.1 Å². The van der Waals surface area contributed by atoms with E-state index in [-0.39, 0.29) is 29.6 Å². The molecule has 0 saturated heterocycles. The third kappa shape index (κ3) is 52.6. The summed E-state index contributed by atoms with van der Waals surface area (Å²) >= 11 is 0. The Balaban J connectivity index is -0.000000177. The molecule has 0 aromatic carbocycles. The van der Waals surface area contributed by atoms with Crippen molar-refractivity contribution in [2.24, 2.45) is 0 Å². The molecule has 0 unspecified atom stereocenters. The van der Waals surface area contributed by atoms with Crippen LogP contribution in [0.25, 0.3) is 0 Å². The van der Waals surface area contributed by atoms with Gasteiger partial charge in [0.25, 0.3) is 0 Å². The molecule has 0 aromatic rings. The molecule has 0 atom stereocenters. The van der Waals surface area contributed by atoms with E-state index in [4.69, 9.17) is 17.5 Å². The van der Waals surface area contributed by atoms with Gasteiger partial charge in [0.05, 0.1) is 0 Å². The van der Waals surface area contributed by atoms with Gasteiger partial charge in [-0.2, -0.15) is 21.3 Å². The zero-order valence-corrected chi connectivity index (χ0v) is 12.0. The van der Waals surface area contributed by atoms with Gasteiger partial charge in [-0.3, -0.25) is 9.11 Å². The summed E-state index contributed by atoms with van der Waals surface area (Å²) in [5.74, 6) is 0. The predicted octanol–water partition coefficient (Wildman–Crippen LogP) is -0.468. The molecule has 0 fully saturated rings. The summed E-state index contributed by atoms with van der Waals surface area (Å²) in [5.41, 5.74) is 0. The van der Waals surface area contributed by atoms with Gasteiger partial charge in [0.15, 0.2) is 0 Å². The smallest absolute Gasteiger partial charge is 0.328 e. The summed E-state index contributed by atoms with van der Waals surface area (Å²) < 4.78 is 31.6. The monoisotopic (exact) mass is 234 g/mol. The third-order valence-electron chi connectivity index (χ3n) is 1.25. The minimum absolute atomic E-state index is 0. The van der Waals surface area contributed by atoms with Crippen LogP contribution in [0.3, 0.4) is 0 Å². The van der Waals surface area contributed by atoms with Crippen LogP contribution in [0.15, 0.2) is 0 Å². The van der Waals surface area contributed by atoms with Gasteiger partial charge in [-0.15, -0.1) is 0 Å². The molecule has 0 amide bonds. The molecule has 0 aromatic heterocycles. The topological polar surface area (TPSA) is 74.6 Å². The van der Waals surface area contributed by atoms with Crippen LogP contribution < -0.4 is 29.6 Å². The maximum atomic E-state index is 8.74. The van der Waals surface area contributed by atoms with Gasteiger partial charge in [0.1, 0.15) is 0 Å². The summed E-state index contributed by atoms with van der Waals surface area (Å²) in [6.45, 7) is 4.46. The van der Waals surface area contributed by atoms with Gasteiger partial charge in [-0.1, -0.05) is 33.1 Å². The second-order valence-electron chi connectivity index (χ2n) is 2.67. The molecule has 0 spiro atoms. The summed E-state index contributed by atoms with van der Waals surface area (Å²) in [5, 5.41) is 0. The van der Waals surface area contributed by atoms with Crippen molar-refractivity contribution >= 4 is 10.4 Å². The summed E-state index contributed by atoms with van der Waals surface area (Å²) in [6, 6.07) is 0. The van der Waals surface area contributed by atoms with Crippen molar-refractivity contribution in [1.29, 1.82) is 0 Å². The van der Waals surface area contributed by atoms with Gasteiger partial charge in [-0.25, -0.2) is 0 Å². The predicted molar refractivity (Wildman–Crippen MR) is 52.9 cm³/mol. The first-order chi connectivity index (χ1) is 5.91. The standard InChI is InChI=1S/C8H17.Na.H2O4S/c1-3-5-7-8-6-4-2;;1-5(2,3)4/h7H,3-6,8H2,1-2H3;;(H2,1,2,3,4)/q-1;+1;. The fourth-order valence-corrected chi connectivity index (χ4v) is 0.697. The maximum absolute atomic E-state index is 8.74. The molecule has 82 valence electrons. The van der Waals surface area contributed by atoms with Crippen LogP contribution >= 0.6 is 0 Å². The zero-order valence-electron chi connectivity index (χ0n) is 9.23. The van der Waals surface area contributed by atoms with Crippen LogP contribution in [0.4, 0.5) is 0 Å². The van der Waals surface area contributed by atoms with E-state index in [0.29, 0.717) is 0 Å². The molecule has 0 aliphatic heterocycles. The molecule has 2 N–H and O–H groups in total. The fourth-order valence-electron chi connectivity index (χ4n) is 0.697. The Hall–Kier alpha value is 0.870. The van der Waals surface area contributed by atoms with Crippen molar-refractivity contribution in [2.45, 2.75) is 46.0 Å². The van der Waals surface area contributed by atoms with E-state index in [9.17, 15) is 0 Å². The first-order valence-corrected chi connectivity index (χ1v) is 5.83. The van der Waals surface area contributed by atoms with E-state index in [1.807, 2.05) is 0 Å². The molecule has 0 radical (unpaired) electrons. The third-order valence-corrected chi connectivity index (χ3v) is 1.25. The zero-order chi connectivity index (χ0) is 10.7. The van der Waals surface area contributed by atoms with Crippen LogP contribution in [0.2, 0.25) is 0 Å². The van der Waals surface area contributed by atoms with Crippen LogP contribution in [0, 0.1) is 6.42 Å². The molecule has 4 nitrogen and oxygen atoms in total. The minimum Gasteiger partial charge on any atom is -0.328 e. The Morgan fingerprint density at radius 3 is 1.79 bits per heavy atom. The Morgan fingerprint density at radius 2 is 1.50 bits per heavy atom. The van der Waals surface area contributed by atoms with E-state index in [0.717, 1.165) is 0 Å². The van der Waals surface area contributed by atoms with Gasteiger partial charge >= 0.3 is 40.0 Å². The summed E-state index contributed by atoms with van der Waals surface area (Å²) in [7, 11) is -4.67. The first-order valence-electron chi connectivity index (χ1n) is 4.43. The SMILES string of the molecule is CCC[CH-]CCCC.O=S(=O)(O)O.[Na+]. The van der Waals surface area contributed by atoms with Crippen LogP contribution in [-0.2, 0) is 10.4 Å². The first kappa shape index (κ1) is 20.3. The average molecular weight is 234 g/mol. The quantitative estimate of drug-likeness (QED) is 0.292. The van der Waals surface area contributed by atoms with E-state index < -0.39 is 10.4 Å². The number of hydrogen-bond donors (Lipinski definition) is 2. The van der Waals surface area contributed by atoms with Crippen molar-refractivity contribution in [1.82, 2.24) is 0 Å². The number of rotatable bonds is 5. The van der Waals surface area contributed by atoms with E-state index >= 15 is 0 Å². The van der Waals surface area contributed by atoms with E-state index in [2.05, 4.69) is 20.3 Å². The van der Waals surface area contributed by atoms with Gasteiger partial charge in [0, 0.05) is 0 Å². The molecule has 0 aliphatic rings. The Kier molecular flexibility index (Phi) is 20.1. The van der Waals surface area contributed by atoms with Crippen molar-refractivity contribution in [3.05, 3.63) is 6.42 Å². The van der Waals surface area contributed by atoms with Crippen LogP contribution in [0.1, 0.15) is 46.0 Å². The van der Waals surface area contributed by atoms with Crippen molar-refractivity contribution in [3.8, 4) is 0 Å². The molecule has 0 bridgehead atoms. The maximum Gasteiger partial charge on any atom is 1.00 e. The van der Waals surface area contributed by atoms with Crippen molar-refractivity contribution in [2.75, 3.05) is 0 Å². The molecular formula is C8H19NaO4S. The van der Waals surface area contributed by atoms with Gasteiger partial charge in [0.2, 0.25) is 0 Å². The van der Waals surface area contributed by atoms with Gasteiger partial charge in [-0.05, 0) is 0 Å². The number of hydrogen-bond acceptors (Lipinski definition) is 2. The normalized spacial score (nSPS) is 9.71. The molecule has 0 rings (SSSR count). The fraction of sp³-hybridized carbons (Fsp3) is 0.875. The Bertz CT molecular complexity index is 166. The molecule has 0 heterocycles. The van der Waals surface area contributed by atoms with E-state index in [1.54, 1.807) is 0 Å². The Labute approximate surface area is 109 Å². The largest absolute Gasteiger partial charge is 1.00 e. The van der Waals surface area contributed by atoms with Crippen LogP contribution in [-0.4, -0.2) is 17.5 Å². The minimum atomic E-state index is -4.67. The number of unbranched alkanes of at least 4 members (excludes halogenated alkanes) is 5. The van der Waals surface area contributed by atoms with Crippen LogP contribution in [0.5, 0.6) is 0 Å². The second kappa shape index (κ2) is 13.9. The molecule has 0 saturated carbocycles. The molecule has 14 heavy (non-hydrogen) atoms. The Morgan fingerprint density at radius 1 is 1.07 bits per heavy atom. The van der Waals surface area contributed by atoms with Crippen molar-refractivity contribution < 1.29 is 47.1 Å². The average Bonchev–Trinajstić information content (AvgIpc) is 1.95. The summed E-state index contributed by atoms with van der Waals surface area (Å²) in [6.07, 6.45) is 9.04. The second-order valence-corrected chi connectivity index (χ2v) is 3.56. The molecule has 6 heteroatoms. The van der Waals surface area contributed by atoms with Crippen molar-refractivity contribution in [3.63, 3.8) is 0 Å².